The number of H-pyrrole nitrogens is 1. The normalized spacial score (nSPS) is 12.0. The summed E-state index contributed by atoms with van der Waals surface area (Å²) in [5.41, 5.74) is -0.146. The maximum absolute atomic E-state index is 12.3. The maximum atomic E-state index is 12.3. The average Bonchev–Trinajstić information content (AvgIpc) is 2.60. The van der Waals surface area contributed by atoms with Crippen molar-refractivity contribution in [2.24, 2.45) is 0 Å². The fourth-order valence-electron chi connectivity index (χ4n) is 2.48. The van der Waals surface area contributed by atoms with Gasteiger partial charge in [-0.2, -0.15) is 0 Å². The molecule has 0 aliphatic rings. The van der Waals surface area contributed by atoms with Crippen LogP contribution in [-0.4, -0.2) is 34.0 Å². The molecule has 1 unspecified atom stereocenters. The van der Waals surface area contributed by atoms with Crippen molar-refractivity contribution in [3.8, 4) is 0 Å². The number of rotatable bonds is 6. The van der Waals surface area contributed by atoms with Crippen LogP contribution >= 0.6 is 0 Å². The Morgan fingerprint density at radius 1 is 1.24 bits per heavy atom. The highest BCUT2D eigenvalue weighted by Gasteiger charge is 2.17. The molecule has 0 aliphatic heterocycles. The number of aromatic nitrogens is 2. The third-order valence-electron chi connectivity index (χ3n) is 3.84. The van der Waals surface area contributed by atoms with E-state index in [-0.39, 0.29) is 5.91 Å². The Morgan fingerprint density at radius 3 is 2.60 bits per heavy atom. The van der Waals surface area contributed by atoms with E-state index in [0.717, 1.165) is 6.42 Å². The molecule has 0 bridgehead atoms. The van der Waals surface area contributed by atoms with Crippen molar-refractivity contribution < 1.29 is 9.59 Å². The van der Waals surface area contributed by atoms with Crippen LogP contribution in [0.3, 0.4) is 0 Å². The Morgan fingerprint density at radius 2 is 1.96 bits per heavy atom. The van der Waals surface area contributed by atoms with Crippen LogP contribution in [0.2, 0.25) is 0 Å². The van der Waals surface area contributed by atoms with Gasteiger partial charge < -0.3 is 20.2 Å². The second-order valence-electron chi connectivity index (χ2n) is 5.72. The van der Waals surface area contributed by atoms with E-state index in [1.165, 1.54) is 10.6 Å². The standard InChI is InChI=1S/C17H22N4O4/c1-4-8-18-14(22)10(3)19-15(23)11-6-7-13-12(9-11)20-16(24)17(25)21(13)5-2/h6-7,9-10H,4-5,8H2,1-3H3,(H,18,22)(H,19,23)(H,20,24). The molecule has 8 nitrogen and oxygen atoms in total. The summed E-state index contributed by atoms with van der Waals surface area (Å²) >= 11 is 0. The highest BCUT2D eigenvalue weighted by Crippen LogP contribution is 2.11. The lowest BCUT2D eigenvalue weighted by molar-refractivity contribution is -0.122. The van der Waals surface area contributed by atoms with E-state index in [0.29, 0.717) is 29.7 Å². The van der Waals surface area contributed by atoms with Crippen LogP contribution < -0.4 is 21.8 Å². The summed E-state index contributed by atoms with van der Waals surface area (Å²) < 4.78 is 1.34. The van der Waals surface area contributed by atoms with Gasteiger partial charge in [-0.1, -0.05) is 6.92 Å². The lowest BCUT2D eigenvalue weighted by Crippen LogP contribution is -2.45. The number of nitrogens with one attached hydrogen (secondary N) is 3. The minimum atomic E-state index is -0.737. The molecule has 134 valence electrons. The molecule has 1 heterocycles. The van der Waals surface area contributed by atoms with Crippen molar-refractivity contribution >= 4 is 22.8 Å². The van der Waals surface area contributed by atoms with Crippen molar-refractivity contribution in [2.75, 3.05) is 6.54 Å². The SMILES string of the molecule is CCCNC(=O)C(C)NC(=O)c1ccc2c(c1)[nH]c(=O)c(=O)n2CC. The number of hydrogen-bond acceptors (Lipinski definition) is 4. The van der Waals surface area contributed by atoms with Crippen LogP contribution in [0.4, 0.5) is 0 Å². The van der Waals surface area contributed by atoms with Gasteiger partial charge in [-0.3, -0.25) is 19.2 Å². The molecule has 0 saturated carbocycles. The topological polar surface area (TPSA) is 113 Å². The molecule has 25 heavy (non-hydrogen) atoms. The van der Waals surface area contributed by atoms with Gasteiger partial charge in [0.25, 0.3) is 5.91 Å². The third kappa shape index (κ3) is 3.96. The number of hydrogen-bond donors (Lipinski definition) is 3. The second-order valence-corrected chi connectivity index (χ2v) is 5.72. The summed E-state index contributed by atoms with van der Waals surface area (Å²) in [6.07, 6.45) is 0.809. The van der Waals surface area contributed by atoms with Crippen LogP contribution in [0.15, 0.2) is 27.8 Å². The van der Waals surface area contributed by atoms with Crippen molar-refractivity contribution in [3.05, 3.63) is 44.5 Å². The highest BCUT2D eigenvalue weighted by molar-refractivity contribution is 5.99. The molecule has 1 atom stereocenters. The minimum absolute atomic E-state index is 0.260. The molecule has 3 N–H and O–H groups in total. The number of fused-ring (bicyclic) bond motifs is 1. The van der Waals surface area contributed by atoms with Crippen LogP contribution in [0.25, 0.3) is 11.0 Å². The van der Waals surface area contributed by atoms with E-state index >= 15 is 0 Å². The van der Waals surface area contributed by atoms with Crippen molar-refractivity contribution in [3.63, 3.8) is 0 Å². The summed E-state index contributed by atoms with van der Waals surface area (Å²) in [6.45, 7) is 6.19. The molecule has 0 aliphatic carbocycles. The summed E-state index contributed by atoms with van der Waals surface area (Å²) in [5, 5.41) is 5.32. The van der Waals surface area contributed by atoms with Gasteiger partial charge in [-0.05, 0) is 38.5 Å². The molecule has 1 aromatic heterocycles. The molecule has 2 aromatic rings. The van der Waals surface area contributed by atoms with Crippen molar-refractivity contribution in [2.45, 2.75) is 39.8 Å². The highest BCUT2D eigenvalue weighted by atomic mass is 16.2. The Balaban J connectivity index is 2.28. The number of amides is 2. The summed E-state index contributed by atoms with van der Waals surface area (Å²) in [6, 6.07) is 3.97. The summed E-state index contributed by atoms with van der Waals surface area (Å²) in [5.74, 6) is -0.694. The number of nitrogens with zero attached hydrogens (tertiary/aromatic N) is 1. The van der Waals surface area contributed by atoms with Gasteiger partial charge in [0.1, 0.15) is 6.04 Å². The molecule has 2 amide bonds. The molecule has 0 fully saturated rings. The fourth-order valence-corrected chi connectivity index (χ4v) is 2.48. The Labute approximate surface area is 144 Å². The van der Waals surface area contributed by atoms with Gasteiger partial charge in [-0.15, -0.1) is 0 Å². The van der Waals surface area contributed by atoms with Gasteiger partial charge in [0.05, 0.1) is 11.0 Å². The van der Waals surface area contributed by atoms with Crippen LogP contribution in [-0.2, 0) is 11.3 Å². The quantitative estimate of drug-likeness (QED) is 0.655. The lowest BCUT2D eigenvalue weighted by atomic mass is 10.1. The monoisotopic (exact) mass is 346 g/mol. The van der Waals surface area contributed by atoms with E-state index < -0.39 is 23.1 Å². The largest absolute Gasteiger partial charge is 0.354 e. The summed E-state index contributed by atoms with van der Waals surface area (Å²) in [4.78, 5) is 50.2. The van der Waals surface area contributed by atoms with Crippen molar-refractivity contribution in [1.29, 1.82) is 0 Å². The Kier molecular flexibility index (Phi) is 5.74. The molecule has 0 saturated heterocycles. The molecule has 2 rings (SSSR count). The number of aryl methyl sites for hydroxylation is 1. The first-order chi connectivity index (χ1) is 11.9. The molecule has 0 radical (unpaired) electrons. The first kappa shape index (κ1) is 18.4. The van der Waals surface area contributed by atoms with E-state index in [9.17, 15) is 19.2 Å². The predicted molar refractivity (Wildman–Crippen MR) is 94.7 cm³/mol. The zero-order chi connectivity index (χ0) is 18.6. The van der Waals surface area contributed by atoms with Crippen LogP contribution in [0.5, 0.6) is 0 Å². The van der Waals surface area contributed by atoms with Gasteiger partial charge >= 0.3 is 11.1 Å². The molecule has 8 heteroatoms. The minimum Gasteiger partial charge on any atom is -0.354 e. The third-order valence-corrected chi connectivity index (χ3v) is 3.84. The van der Waals surface area contributed by atoms with Gasteiger partial charge in [-0.25, -0.2) is 0 Å². The first-order valence-corrected chi connectivity index (χ1v) is 8.24. The zero-order valence-electron chi connectivity index (χ0n) is 14.5. The van der Waals surface area contributed by atoms with E-state index in [1.807, 2.05) is 6.92 Å². The van der Waals surface area contributed by atoms with Crippen LogP contribution in [0.1, 0.15) is 37.6 Å². The fraction of sp³-hybridized carbons (Fsp3) is 0.412. The van der Waals surface area contributed by atoms with Crippen molar-refractivity contribution in [1.82, 2.24) is 20.2 Å². The number of carbonyl (C=O) groups excluding carboxylic acids is 2. The zero-order valence-corrected chi connectivity index (χ0v) is 14.5. The first-order valence-electron chi connectivity index (χ1n) is 8.24. The van der Waals surface area contributed by atoms with Gasteiger partial charge in [0.2, 0.25) is 5.91 Å². The number of aromatic amines is 1. The Hall–Kier alpha value is -2.90. The number of benzene rings is 1. The summed E-state index contributed by atoms with van der Waals surface area (Å²) in [7, 11) is 0. The smallest absolute Gasteiger partial charge is 0.316 e. The molecule has 1 aromatic carbocycles. The van der Waals surface area contributed by atoms with Gasteiger partial charge in [0, 0.05) is 18.7 Å². The average molecular weight is 346 g/mol. The van der Waals surface area contributed by atoms with Gasteiger partial charge in [0.15, 0.2) is 0 Å². The molecular weight excluding hydrogens is 324 g/mol. The Bertz CT molecular complexity index is 913. The van der Waals surface area contributed by atoms with Crippen LogP contribution in [0, 0.1) is 0 Å². The second kappa shape index (κ2) is 7.78. The van der Waals surface area contributed by atoms with E-state index in [1.54, 1.807) is 26.0 Å². The molecular formula is C17H22N4O4. The number of carbonyl (C=O) groups is 2. The van der Waals surface area contributed by atoms with E-state index in [4.69, 9.17) is 0 Å². The lowest BCUT2D eigenvalue weighted by Gasteiger charge is -2.14. The van der Waals surface area contributed by atoms with E-state index in [2.05, 4.69) is 15.6 Å². The maximum Gasteiger partial charge on any atom is 0.316 e. The predicted octanol–water partition coefficient (Wildman–Crippen LogP) is 0.354. The molecule has 0 spiro atoms.